The molecule has 108 valence electrons. The van der Waals surface area contributed by atoms with Crippen molar-refractivity contribution in [2.24, 2.45) is 17.3 Å². The Hall–Kier alpha value is 0.310. The molecule has 1 nitrogen and oxygen atoms in total. The van der Waals surface area contributed by atoms with Gasteiger partial charge >= 0.3 is 0 Å². The molecule has 2 unspecified atom stereocenters. The minimum atomic E-state index is 0.386. The fourth-order valence-corrected chi connectivity index (χ4v) is 3.68. The molecule has 2 atom stereocenters. The Labute approximate surface area is 120 Å². The smallest absolute Gasteiger partial charge is 0.00225 e. The first-order valence-electron chi connectivity index (χ1n) is 7.80. The highest BCUT2D eigenvalue weighted by molar-refractivity contribution is 7.80. The lowest BCUT2D eigenvalue weighted by atomic mass is 9.81. The van der Waals surface area contributed by atoms with Crippen LogP contribution in [0.1, 0.15) is 59.8 Å². The third-order valence-electron chi connectivity index (χ3n) is 4.56. The summed E-state index contributed by atoms with van der Waals surface area (Å²) >= 11 is 4.56. The van der Waals surface area contributed by atoms with Crippen molar-refractivity contribution >= 4 is 12.6 Å². The van der Waals surface area contributed by atoms with E-state index >= 15 is 0 Å². The molecule has 0 aliphatic carbocycles. The molecule has 0 aromatic carbocycles. The van der Waals surface area contributed by atoms with Crippen molar-refractivity contribution in [1.82, 2.24) is 4.90 Å². The van der Waals surface area contributed by atoms with Crippen molar-refractivity contribution in [2.75, 3.05) is 25.4 Å². The maximum absolute atomic E-state index is 4.56. The average molecular weight is 272 g/mol. The second-order valence-electron chi connectivity index (χ2n) is 7.13. The fourth-order valence-electron chi connectivity index (χ4n) is 3.02. The summed E-state index contributed by atoms with van der Waals surface area (Å²) in [5.74, 6) is 2.71. The van der Waals surface area contributed by atoms with E-state index in [2.05, 4.69) is 45.2 Å². The largest absolute Gasteiger partial charge is 0.303 e. The van der Waals surface area contributed by atoms with Crippen LogP contribution in [0, 0.1) is 17.3 Å². The van der Waals surface area contributed by atoms with Crippen LogP contribution in [0.4, 0.5) is 0 Å². The van der Waals surface area contributed by atoms with Gasteiger partial charge in [0.1, 0.15) is 0 Å². The minimum absolute atomic E-state index is 0.386. The van der Waals surface area contributed by atoms with Crippen molar-refractivity contribution in [3.63, 3.8) is 0 Å². The molecule has 1 aliphatic heterocycles. The molecule has 0 aromatic rings. The van der Waals surface area contributed by atoms with Gasteiger partial charge in [-0.2, -0.15) is 12.6 Å². The quantitative estimate of drug-likeness (QED) is 0.722. The molecule has 1 fully saturated rings. The van der Waals surface area contributed by atoms with Crippen LogP contribution < -0.4 is 0 Å². The van der Waals surface area contributed by atoms with E-state index in [1.165, 1.54) is 51.7 Å². The highest BCUT2D eigenvalue weighted by atomic mass is 32.1. The number of thiol groups is 1. The Bertz CT molecular complexity index is 222. The number of rotatable bonds is 5. The zero-order chi connectivity index (χ0) is 13.6. The van der Waals surface area contributed by atoms with E-state index < -0.39 is 0 Å². The van der Waals surface area contributed by atoms with Gasteiger partial charge in [0.25, 0.3) is 0 Å². The molecule has 0 saturated carbocycles. The average Bonchev–Trinajstić information content (AvgIpc) is 2.50. The Kier molecular flexibility index (Phi) is 7.08. The number of hydrogen-bond acceptors (Lipinski definition) is 2. The van der Waals surface area contributed by atoms with Gasteiger partial charge in [-0.1, -0.05) is 40.5 Å². The van der Waals surface area contributed by atoms with Gasteiger partial charge in [0.05, 0.1) is 0 Å². The molecule has 0 spiro atoms. The van der Waals surface area contributed by atoms with Gasteiger partial charge in [0, 0.05) is 6.54 Å². The molecular formula is C16H33NS. The summed E-state index contributed by atoms with van der Waals surface area (Å²) in [4.78, 5) is 2.70. The summed E-state index contributed by atoms with van der Waals surface area (Å²) < 4.78 is 0. The predicted molar refractivity (Wildman–Crippen MR) is 85.5 cm³/mol. The summed E-state index contributed by atoms with van der Waals surface area (Å²) in [6, 6.07) is 0. The van der Waals surface area contributed by atoms with E-state index in [0.717, 1.165) is 11.7 Å². The van der Waals surface area contributed by atoms with Crippen LogP contribution in [-0.2, 0) is 0 Å². The summed E-state index contributed by atoms with van der Waals surface area (Å²) in [7, 11) is 0. The highest BCUT2D eigenvalue weighted by Crippen LogP contribution is 2.29. The summed E-state index contributed by atoms with van der Waals surface area (Å²) in [6.07, 6.45) is 7.05. The first kappa shape index (κ1) is 16.4. The molecule has 0 bridgehead atoms. The zero-order valence-electron chi connectivity index (χ0n) is 12.9. The van der Waals surface area contributed by atoms with E-state index in [1.807, 2.05) is 0 Å². The van der Waals surface area contributed by atoms with Crippen LogP contribution in [0.3, 0.4) is 0 Å². The SMILES string of the molecule is CCCC1CCCN(CC(CS)C(C)(C)C)CC1. The Morgan fingerprint density at radius 2 is 1.94 bits per heavy atom. The van der Waals surface area contributed by atoms with Crippen molar-refractivity contribution < 1.29 is 0 Å². The normalized spacial score (nSPS) is 24.8. The molecule has 0 aromatic heterocycles. The van der Waals surface area contributed by atoms with E-state index in [1.54, 1.807) is 0 Å². The second-order valence-corrected chi connectivity index (χ2v) is 7.50. The van der Waals surface area contributed by atoms with Crippen LogP contribution >= 0.6 is 12.6 Å². The van der Waals surface area contributed by atoms with Crippen LogP contribution in [0.5, 0.6) is 0 Å². The summed E-state index contributed by atoms with van der Waals surface area (Å²) in [5, 5.41) is 0. The Morgan fingerprint density at radius 3 is 2.50 bits per heavy atom. The maximum Gasteiger partial charge on any atom is 0.00225 e. The van der Waals surface area contributed by atoms with Gasteiger partial charge in [-0.15, -0.1) is 0 Å². The Morgan fingerprint density at radius 1 is 1.22 bits per heavy atom. The molecule has 0 radical (unpaired) electrons. The molecule has 1 heterocycles. The van der Waals surface area contributed by atoms with Crippen molar-refractivity contribution in [2.45, 2.75) is 59.8 Å². The molecule has 1 rings (SSSR count). The van der Waals surface area contributed by atoms with Crippen molar-refractivity contribution in [3.05, 3.63) is 0 Å². The molecular weight excluding hydrogens is 238 g/mol. The standard InChI is InChI=1S/C16H33NS/c1-5-7-14-8-6-10-17(11-9-14)12-15(13-18)16(2,3)4/h14-15,18H,5-13H2,1-4H3. The maximum atomic E-state index is 4.56. The number of nitrogens with zero attached hydrogens (tertiary/aromatic N) is 1. The van der Waals surface area contributed by atoms with Gasteiger partial charge in [-0.05, 0) is 55.4 Å². The molecule has 18 heavy (non-hydrogen) atoms. The van der Waals surface area contributed by atoms with Crippen LogP contribution in [0.25, 0.3) is 0 Å². The van der Waals surface area contributed by atoms with E-state index in [-0.39, 0.29) is 0 Å². The second kappa shape index (κ2) is 7.79. The van der Waals surface area contributed by atoms with E-state index in [9.17, 15) is 0 Å². The summed E-state index contributed by atoms with van der Waals surface area (Å²) in [6.45, 7) is 13.2. The zero-order valence-corrected chi connectivity index (χ0v) is 13.8. The van der Waals surface area contributed by atoms with Crippen LogP contribution in [-0.4, -0.2) is 30.3 Å². The number of likely N-dealkylation sites (tertiary alicyclic amines) is 1. The molecule has 2 heteroatoms. The lowest BCUT2D eigenvalue weighted by molar-refractivity contribution is 0.167. The predicted octanol–water partition coefficient (Wildman–Crippen LogP) is 4.48. The lowest BCUT2D eigenvalue weighted by Gasteiger charge is -2.34. The molecule has 0 N–H and O–H groups in total. The monoisotopic (exact) mass is 271 g/mol. The summed E-state index contributed by atoms with van der Waals surface area (Å²) in [5.41, 5.74) is 0.386. The van der Waals surface area contributed by atoms with Crippen LogP contribution in [0.2, 0.25) is 0 Å². The Balaban J connectivity index is 2.43. The molecule has 1 saturated heterocycles. The topological polar surface area (TPSA) is 3.24 Å². The molecule has 0 amide bonds. The van der Waals surface area contributed by atoms with Gasteiger partial charge in [-0.3, -0.25) is 0 Å². The van der Waals surface area contributed by atoms with Crippen molar-refractivity contribution in [3.8, 4) is 0 Å². The first-order chi connectivity index (χ1) is 8.47. The third-order valence-corrected chi connectivity index (χ3v) is 5.00. The van der Waals surface area contributed by atoms with Crippen LogP contribution in [0.15, 0.2) is 0 Å². The number of hydrogen-bond donors (Lipinski definition) is 1. The van der Waals surface area contributed by atoms with Gasteiger partial charge < -0.3 is 4.90 Å². The van der Waals surface area contributed by atoms with E-state index in [4.69, 9.17) is 0 Å². The van der Waals surface area contributed by atoms with Gasteiger partial charge in [-0.25, -0.2) is 0 Å². The van der Waals surface area contributed by atoms with Gasteiger partial charge in [0.15, 0.2) is 0 Å². The highest BCUT2D eigenvalue weighted by Gasteiger charge is 2.26. The minimum Gasteiger partial charge on any atom is -0.303 e. The first-order valence-corrected chi connectivity index (χ1v) is 8.43. The third kappa shape index (κ3) is 5.52. The van der Waals surface area contributed by atoms with E-state index in [0.29, 0.717) is 11.3 Å². The lowest BCUT2D eigenvalue weighted by Crippen LogP contribution is -2.37. The fraction of sp³-hybridized carbons (Fsp3) is 1.00. The van der Waals surface area contributed by atoms with Gasteiger partial charge in [0.2, 0.25) is 0 Å². The van der Waals surface area contributed by atoms with Crippen molar-refractivity contribution in [1.29, 1.82) is 0 Å². The molecule has 1 aliphatic rings.